The smallest absolute Gasteiger partial charge is 0.411 e. The van der Waals surface area contributed by atoms with Crippen molar-refractivity contribution in [2.24, 2.45) is 5.41 Å². The number of carbonyl (C=O) groups is 1. The number of carboxylic acid groups (broad SMARTS) is 1. The molecule has 0 aliphatic carbocycles. The summed E-state index contributed by atoms with van der Waals surface area (Å²) in [6, 6.07) is 0. The largest absolute Gasteiger partial charge is 0.481 e. The molecule has 0 aromatic rings. The summed E-state index contributed by atoms with van der Waals surface area (Å²) < 4.78 is 39.9. The highest BCUT2D eigenvalue weighted by molar-refractivity contribution is 5.74. The van der Waals surface area contributed by atoms with Gasteiger partial charge in [-0.3, -0.25) is 4.79 Å². The molecule has 0 saturated carbocycles. The molecule has 2 N–H and O–H groups in total. The maximum Gasteiger partial charge on any atom is 0.411 e. The maximum atomic E-state index is 11.8. The van der Waals surface area contributed by atoms with Crippen LogP contribution in [0.2, 0.25) is 0 Å². The zero-order valence-electron chi connectivity index (χ0n) is 9.35. The van der Waals surface area contributed by atoms with Gasteiger partial charge in [0.05, 0.1) is 5.41 Å². The molecule has 0 bridgehead atoms. The first kappa shape index (κ1) is 14.2. The third-order valence-corrected chi connectivity index (χ3v) is 3.01. The average molecular weight is 255 g/mol. The third-order valence-electron chi connectivity index (χ3n) is 3.01. The van der Waals surface area contributed by atoms with Gasteiger partial charge >= 0.3 is 12.1 Å². The lowest BCUT2D eigenvalue weighted by molar-refractivity contribution is -0.177. The molecule has 0 aromatic heterocycles. The Morgan fingerprint density at radius 2 is 1.94 bits per heavy atom. The van der Waals surface area contributed by atoms with E-state index in [1.54, 1.807) is 0 Å². The van der Waals surface area contributed by atoms with E-state index < -0.39 is 24.2 Å². The van der Waals surface area contributed by atoms with Gasteiger partial charge in [-0.1, -0.05) is 0 Å². The molecule has 0 unspecified atom stereocenters. The van der Waals surface area contributed by atoms with Gasteiger partial charge in [0, 0.05) is 6.61 Å². The van der Waals surface area contributed by atoms with Gasteiger partial charge in [0.25, 0.3) is 0 Å². The van der Waals surface area contributed by atoms with E-state index in [0.717, 1.165) is 0 Å². The highest BCUT2D eigenvalue weighted by Crippen LogP contribution is 2.33. The van der Waals surface area contributed by atoms with Crippen LogP contribution < -0.4 is 5.32 Å². The first-order valence-corrected chi connectivity index (χ1v) is 5.44. The fraction of sp³-hybridized carbons (Fsp3) is 0.900. The van der Waals surface area contributed by atoms with Crippen LogP contribution >= 0.6 is 0 Å². The number of alkyl halides is 3. The van der Waals surface area contributed by atoms with Crippen LogP contribution in [0.25, 0.3) is 0 Å². The van der Waals surface area contributed by atoms with Crippen LogP contribution in [0.5, 0.6) is 0 Å². The minimum Gasteiger partial charge on any atom is -0.481 e. The lowest BCUT2D eigenvalue weighted by atomic mass is 9.76. The minimum absolute atomic E-state index is 0.125. The molecule has 7 heteroatoms. The van der Waals surface area contributed by atoms with Crippen LogP contribution in [0.15, 0.2) is 0 Å². The number of ether oxygens (including phenoxy) is 1. The van der Waals surface area contributed by atoms with Gasteiger partial charge in [0.15, 0.2) is 0 Å². The van der Waals surface area contributed by atoms with Gasteiger partial charge in [0.2, 0.25) is 0 Å². The molecule has 0 amide bonds. The van der Waals surface area contributed by atoms with Crippen molar-refractivity contribution < 1.29 is 27.8 Å². The molecule has 1 aliphatic rings. The highest BCUT2D eigenvalue weighted by Gasteiger charge is 2.39. The van der Waals surface area contributed by atoms with Crippen molar-refractivity contribution in [3.05, 3.63) is 0 Å². The molecule has 0 aromatic carbocycles. The zero-order valence-corrected chi connectivity index (χ0v) is 9.35. The van der Waals surface area contributed by atoms with E-state index in [1.807, 2.05) is 0 Å². The van der Waals surface area contributed by atoms with Gasteiger partial charge < -0.3 is 15.2 Å². The standard InChI is InChI=1S/C10H16F3NO3/c11-10(12,13)7-17-6-3-9(8(15)16)1-4-14-5-2-9/h14H,1-7H2,(H,15,16). The van der Waals surface area contributed by atoms with Crippen LogP contribution in [0.3, 0.4) is 0 Å². The number of aliphatic carboxylic acids is 1. The topological polar surface area (TPSA) is 58.6 Å². The van der Waals surface area contributed by atoms with Crippen LogP contribution in [0, 0.1) is 5.41 Å². The molecule has 0 radical (unpaired) electrons. The molecule has 0 atom stereocenters. The van der Waals surface area contributed by atoms with Crippen LogP contribution in [-0.4, -0.2) is 43.6 Å². The number of piperidine rings is 1. The second-order valence-electron chi connectivity index (χ2n) is 4.25. The van der Waals surface area contributed by atoms with Gasteiger partial charge in [0.1, 0.15) is 6.61 Å². The van der Waals surface area contributed by atoms with E-state index in [1.165, 1.54) is 0 Å². The molecule has 1 rings (SSSR count). The molecule has 1 fully saturated rings. The Morgan fingerprint density at radius 1 is 1.35 bits per heavy atom. The summed E-state index contributed by atoms with van der Waals surface area (Å²) >= 11 is 0. The van der Waals surface area contributed by atoms with E-state index in [-0.39, 0.29) is 13.0 Å². The Kier molecular flexibility index (Phi) is 4.76. The van der Waals surface area contributed by atoms with Crippen LogP contribution in [0.1, 0.15) is 19.3 Å². The number of halogens is 3. The van der Waals surface area contributed by atoms with Crippen molar-refractivity contribution in [3.63, 3.8) is 0 Å². The number of carboxylic acids is 1. The van der Waals surface area contributed by atoms with Crippen molar-refractivity contribution in [2.45, 2.75) is 25.4 Å². The Balaban J connectivity index is 2.38. The molecule has 17 heavy (non-hydrogen) atoms. The SMILES string of the molecule is O=C(O)C1(CCOCC(F)(F)F)CCNCC1. The Bertz CT molecular complexity index is 262. The zero-order chi connectivity index (χ0) is 12.9. The molecule has 0 spiro atoms. The Hall–Kier alpha value is -0.820. The van der Waals surface area contributed by atoms with Crippen molar-refractivity contribution in [2.75, 3.05) is 26.3 Å². The molecule has 4 nitrogen and oxygen atoms in total. The van der Waals surface area contributed by atoms with Crippen LogP contribution in [-0.2, 0) is 9.53 Å². The molecule has 1 aliphatic heterocycles. The summed E-state index contributed by atoms with van der Waals surface area (Å²) in [5, 5.41) is 12.2. The van der Waals surface area contributed by atoms with E-state index in [4.69, 9.17) is 5.11 Å². The van der Waals surface area contributed by atoms with Gasteiger partial charge in [-0.25, -0.2) is 0 Å². The second-order valence-corrected chi connectivity index (χ2v) is 4.25. The monoisotopic (exact) mass is 255 g/mol. The van der Waals surface area contributed by atoms with Crippen molar-refractivity contribution >= 4 is 5.97 Å². The number of hydrogen-bond donors (Lipinski definition) is 2. The summed E-state index contributed by atoms with van der Waals surface area (Å²) in [4.78, 5) is 11.2. The van der Waals surface area contributed by atoms with E-state index in [2.05, 4.69) is 10.1 Å². The summed E-state index contributed by atoms with van der Waals surface area (Å²) in [5.74, 6) is -0.949. The molecule has 1 heterocycles. The number of rotatable bonds is 5. The minimum atomic E-state index is -4.36. The lowest BCUT2D eigenvalue weighted by Gasteiger charge is -2.33. The van der Waals surface area contributed by atoms with Gasteiger partial charge in [-0.15, -0.1) is 0 Å². The maximum absolute atomic E-state index is 11.8. The summed E-state index contributed by atoms with van der Waals surface area (Å²) in [6.07, 6.45) is -3.37. The predicted octanol–water partition coefficient (Wildman–Crippen LogP) is 1.41. The Morgan fingerprint density at radius 3 is 2.41 bits per heavy atom. The number of hydrogen-bond acceptors (Lipinski definition) is 3. The van der Waals surface area contributed by atoms with Gasteiger partial charge in [-0.2, -0.15) is 13.2 Å². The number of nitrogens with one attached hydrogen (secondary N) is 1. The molecular weight excluding hydrogens is 239 g/mol. The average Bonchev–Trinajstić information content (AvgIpc) is 2.24. The predicted molar refractivity (Wildman–Crippen MR) is 53.7 cm³/mol. The fourth-order valence-corrected chi connectivity index (χ4v) is 1.93. The molecular formula is C10H16F3NO3. The van der Waals surface area contributed by atoms with Crippen molar-refractivity contribution in [1.29, 1.82) is 0 Å². The first-order valence-electron chi connectivity index (χ1n) is 5.44. The summed E-state index contributed by atoms with van der Waals surface area (Å²) in [6.45, 7) is -0.343. The van der Waals surface area contributed by atoms with E-state index in [0.29, 0.717) is 25.9 Å². The highest BCUT2D eigenvalue weighted by atomic mass is 19.4. The fourth-order valence-electron chi connectivity index (χ4n) is 1.93. The molecule has 1 saturated heterocycles. The third kappa shape index (κ3) is 4.51. The summed E-state index contributed by atoms with van der Waals surface area (Å²) in [5.41, 5.74) is -0.934. The lowest BCUT2D eigenvalue weighted by Crippen LogP contribution is -2.43. The second kappa shape index (κ2) is 5.68. The van der Waals surface area contributed by atoms with E-state index in [9.17, 15) is 18.0 Å². The normalized spacial score (nSPS) is 20.2. The molecule has 100 valence electrons. The van der Waals surface area contributed by atoms with E-state index >= 15 is 0 Å². The van der Waals surface area contributed by atoms with Crippen molar-refractivity contribution in [3.8, 4) is 0 Å². The quantitative estimate of drug-likeness (QED) is 0.729. The Labute approximate surface area is 97.1 Å². The van der Waals surface area contributed by atoms with Gasteiger partial charge in [-0.05, 0) is 32.4 Å². The summed E-state index contributed by atoms with van der Waals surface area (Å²) in [7, 11) is 0. The van der Waals surface area contributed by atoms with Crippen molar-refractivity contribution in [1.82, 2.24) is 5.32 Å². The van der Waals surface area contributed by atoms with Crippen LogP contribution in [0.4, 0.5) is 13.2 Å². The first-order chi connectivity index (χ1) is 7.86.